The van der Waals surface area contributed by atoms with E-state index in [-0.39, 0.29) is 5.41 Å². The van der Waals surface area contributed by atoms with Crippen LogP contribution in [0.3, 0.4) is 0 Å². The lowest BCUT2D eigenvalue weighted by Gasteiger charge is -2.42. The molecule has 1 saturated carbocycles. The molecular weight excluding hydrogens is 366 g/mol. The van der Waals surface area contributed by atoms with Crippen LogP contribution in [-0.2, 0) is 16.9 Å². The molecule has 6 nitrogen and oxygen atoms in total. The zero-order chi connectivity index (χ0) is 20.3. The summed E-state index contributed by atoms with van der Waals surface area (Å²) in [6, 6.07) is 10.7. The van der Waals surface area contributed by atoms with Crippen molar-refractivity contribution in [3.63, 3.8) is 0 Å². The second-order valence-electron chi connectivity index (χ2n) is 7.97. The molecule has 0 N–H and O–H groups in total. The summed E-state index contributed by atoms with van der Waals surface area (Å²) in [5, 5.41) is 4.48. The molecule has 0 spiro atoms. The molecule has 0 amide bonds. The molecule has 0 radical (unpaired) electrons. The zero-order valence-corrected chi connectivity index (χ0v) is 17.4. The van der Waals surface area contributed by atoms with Crippen molar-refractivity contribution in [3.05, 3.63) is 53.9 Å². The Hall–Kier alpha value is -2.60. The molecule has 154 valence electrons. The van der Waals surface area contributed by atoms with Gasteiger partial charge in [0.25, 0.3) is 0 Å². The Bertz CT molecular complexity index is 871. The Morgan fingerprint density at radius 2 is 2.03 bits per heavy atom. The van der Waals surface area contributed by atoms with E-state index in [2.05, 4.69) is 34.2 Å². The first kappa shape index (κ1) is 19.7. The van der Waals surface area contributed by atoms with E-state index in [1.165, 1.54) is 5.56 Å². The van der Waals surface area contributed by atoms with Crippen molar-refractivity contribution < 1.29 is 14.3 Å². The van der Waals surface area contributed by atoms with E-state index in [0.29, 0.717) is 12.6 Å². The number of likely N-dealkylation sites (N-methyl/N-ethyl adjacent to an activating group) is 1. The first-order valence-electron chi connectivity index (χ1n) is 10.2. The third-order valence-corrected chi connectivity index (χ3v) is 6.48. The van der Waals surface area contributed by atoms with Gasteiger partial charge in [0, 0.05) is 35.8 Å². The van der Waals surface area contributed by atoms with Crippen molar-refractivity contribution in [1.82, 2.24) is 9.88 Å². The van der Waals surface area contributed by atoms with Crippen molar-refractivity contribution in [1.29, 1.82) is 0 Å². The number of hydrogen-bond donors (Lipinski definition) is 0. The minimum Gasteiger partial charge on any atom is -0.493 e. The van der Waals surface area contributed by atoms with Crippen LogP contribution in [0.2, 0.25) is 0 Å². The number of methoxy groups -OCH3 is 2. The van der Waals surface area contributed by atoms with Gasteiger partial charge in [-0.1, -0.05) is 17.3 Å². The molecule has 2 aromatic rings. The van der Waals surface area contributed by atoms with Gasteiger partial charge in [-0.3, -0.25) is 4.98 Å². The summed E-state index contributed by atoms with van der Waals surface area (Å²) in [5.74, 6) is 1.57. The number of benzene rings is 1. The fourth-order valence-corrected chi connectivity index (χ4v) is 4.85. The van der Waals surface area contributed by atoms with Crippen molar-refractivity contribution in [2.45, 2.75) is 43.7 Å². The zero-order valence-electron chi connectivity index (χ0n) is 17.4. The van der Waals surface area contributed by atoms with Crippen LogP contribution in [0.15, 0.2) is 47.9 Å². The minimum absolute atomic E-state index is 0.122. The molecule has 2 atom stereocenters. The van der Waals surface area contributed by atoms with Crippen LogP contribution in [0.25, 0.3) is 0 Å². The molecule has 1 aliphatic heterocycles. The molecule has 1 aromatic heterocycles. The second kappa shape index (κ2) is 8.41. The summed E-state index contributed by atoms with van der Waals surface area (Å²) in [7, 11) is 5.59. The summed E-state index contributed by atoms with van der Waals surface area (Å²) in [6.45, 7) is 1.54. The lowest BCUT2D eigenvalue weighted by molar-refractivity contribution is 0.125. The number of aromatic nitrogens is 1. The number of fused-ring (bicyclic) bond motifs is 1. The molecular formula is C23H29N3O3. The van der Waals surface area contributed by atoms with Crippen LogP contribution < -0.4 is 9.47 Å². The lowest BCUT2D eigenvalue weighted by atomic mass is 9.65. The summed E-state index contributed by atoms with van der Waals surface area (Å²) in [4.78, 5) is 12.2. The molecule has 2 unspecified atom stereocenters. The first-order valence-corrected chi connectivity index (χ1v) is 10.2. The highest BCUT2D eigenvalue weighted by Gasteiger charge is 2.50. The maximum Gasteiger partial charge on any atom is 0.161 e. The van der Waals surface area contributed by atoms with Gasteiger partial charge in [0.2, 0.25) is 0 Å². The van der Waals surface area contributed by atoms with Gasteiger partial charge in [-0.15, -0.1) is 0 Å². The predicted molar refractivity (Wildman–Crippen MR) is 113 cm³/mol. The molecule has 1 aliphatic carbocycles. The van der Waals surface area contributed by atoms with Gasteiger partial charge in [0.05, 0.1) is 19.9 Å². The summed E-state index contributed by atoms with van der Waals surface area (Å²) >= 11 is 0. The highest BCUT2D eigenvalue weighted by atomic mass is 16.6. The average Bonchev–Trinajstić information content (AvgIpc) is 3.11. The van der Waals surface area contributed by atoms with Gasteiger partial charge < -0.3 is 19.2 Å². The largest absolute Gasteiger partial charge is 0.493 e. The van der Waals surface area contributed by atoms with E-state index in [0.717, 1.165) is 55.0 Å². The Balaban J connectivity index is 1.52. The predicted octanol–water partition coefficient (Wildman–Crippen LogP) is 3.80. The van der Waals surface area contributed by atoms with E-state index < -0.39 is 0 Å². The molecule has 29 heavy (non-hydrogen) atoms. The number of hydrogen-bond acceptors (Lipinski definition) is 6. The Labute approximate surface area is 172 Å². The lowest BCUT2D eigenvalue weighted by Crippen LogP contribution is -2.46. The van der Waals surface area contributed by atoms with E-state index in [4.69, 9.17) is 14.3 Å². The van der Waals surface area contributed by atoms with Gasteiger partial charge in [0.1, 0.15) is 6.61 Å². The molecule has 2 aliphatic rings. The maximum atomic E-state index is 5.64. The summed E-state index contributed by atoms with van der Waals surface area (Å²) < 4.78 is 11.0. The number of rotatable bonds is 6. The number of likely N-dealkylation sites (tertiary alicyclic amines) is 1. The molecule has 4 rings (SSSR count). The molecule has 2 heterocycles. The fraction of sp³-hybridized carbons (Fsp3) is 0.478. The SMILES string of the molecule is COc1ccc(C23CC/C(=N\OCc4cccnc4)CC2N(C)CC3)cc1OC. The molecule has 2 fully saturated rings. The Kier molecular flexibility index (Phi) is 5.72. The minimum atomic E-state index is 0.122. The van der Waals surface area contributed by atoms with Gasteiger partial charge in [0.15, 0.2) is 11.5 Å². The van der Waals surface area contributed by atoms with Crippen LogP contribution in [0.5, 0.6) is 11.5 Å². The van der Waals surface area contributed by atoms with Crippen LogP contribution in [0.1, 0.15) is 36.8 Å². The smallest absolute Gasteiger partial charge is 0.161 e. The normalized spacial score (nSPS) is 25.6. The number of ether oxygens (including phenoxy) is 2. The highest BCUT2D eigenvalue weighted by Crippen LogP contribution is 2.49. The van der Waals surface area contributed by atoms with Gasteiger partial charge in [-0.25, -0.2) is 0 Å². The van der Waals surface area contributed by atoms with Crippen molar-refractivity contribution in [2.75, 3.05) is 27.8 Å². The average molecular weight is 396 g/mol. The number of oxime groups is 1. The van der Waals surface area contributed by atoms with Gasteiger partial charge in [-0.2, -0.15) is 0 Å². The van der Waals surface area contributed by atoms with Crippen molar-refractivity contribution in [3.8, 4) is 11.5 Å². The third-order valence-electron chi connectivity index (χ3n) is 6.48. The molecule has 1 aromatic carbocycles. The third kappa shape index (κ3) is 3.81. The summed E-state index contributed by atoms with van der Waals surface area (Å²) in [5.41, 5.74) is 3.63. The van der Waals surface area contributed by atoms with Crippen LogP contribution in [0.4, 0.5) is 0 Å². The van der Waals surface area contributed by atoms with E-state index in [9.17, 15) is 0 Å². The van der Waals surface area contributed by atoms with Crippen molar-refractivity contribution >= 4 is 5.71 Å². The van der Waals surface area contributed by atoms with Crippen molar-refractivity contribution in [2.24, 2.45) is 5.16 Å². The quantitative estimate of drug-likeness (QED) is 0.697. The summed E-state index contributed by atoms with van der Waals surface area (Å²) in [6.07, 6.45) is 7.66. The number of pyridine rings is 1. The number of nitrogens with zero attached hydrogens (tertiary/aromatic N) is 3. The maximum absolute atomic E-state index is 5.64. The molecule has 0 bridgehead atoms. The van der Waals surface area contributed by atoms with E-state index in [1.54, 1.807) is 20.4 Å². The molecule has 1 saturated heterocycles. The highest BCUT2D eigenvalue weighted by molar-refractivity contribution is 5.86. The Morgan fingerprint density at radius 3 is 2.79 bits per heavy atom. The second-order valence-corrected chi connectivity index (χ2v) is 7.97. The van der Waals surface area contributed by atoms with Crippen LogP contribution >= 0.6 is 0 Å². The monoisotopic (exact) mass is 395 g/mol. The fourth-order valence-electron chi connectivity index (χ4n) is 4.85. The van der Waals surface area contributed by atoms with Crippen LogP contribution in [-0.4, -0.2) is 49.4 Å². The molecule has 6 heteroatoms. The van der Waals surface area contributed by atoms with E-state index in [1.807, 2.05) is 24.4 Å². The van der Waals surface area contributed by atoms with Crippen LogP contribution in [0, 0.1) is 0 Å². The first-order chi connectivity index (χ1) is 14.2. The van der Waals surface area contributed by atoms with Gasteiger partial charge in [-0.05, 0) is 56.6 Å². The van der Waals surface area contributed by atoms with Gasteiger partial charge >= 0.3 is 0 Å². The van der Waals surface area contributed by atoms with E-state index >= 15 is 0 Å². The Morgan fingerprint density at radius 1 is 1.17 bits per heavy atom. The topological polar surface area (TPSA) is 56.2 Å². The standard InChI is InChI=1S/C23H29N3O3/c1-26-12-10-23(18-6-7-20(27-2)21(13-18)28-3)9-8-19(14-22(23)26)25-29-16-17-5-4-11-24-15-17/h4-7,11,13,15,22H,8-10,12,14,16H2,1-3H3/b25-19+.